The first-order valence-electron chi connectivity index (χ1n) is 9.04. The molecule has 3 heterocycles. The van der Waals surface area contributed by atoms with Gasteiger partial charge in [0.25, 0.3) is 11.7 Å². The molecule has 3 aromatic rings. The van der Waals surface area contributed by atoms with Gasteiger partial charge in [-0.25, -0.2) is 0 Å². The highest BCUT2D eigenvalue weighted by Gasteiger charge is 2.47. The molecule has 0 spiro atoms. The molecule has 1 aromatic heterocycles. The Morgan fingerprint density at radius 2 is 1.83 bits per heavy atom. The minimum Gasteiger partial charge on any atom is -0.507 e. The van der Waals surface area contributed by atoms with Crippen molar-refractivity contribution in [2.45, 2.75) is 6.04 Å². The van der Waals surface area contributed by atoms with Gasteiger partial charge in [-0.3, -0.25) is 14.5 Å². The maximum Gasteiger partial charge on any atom is 0.300 e. The SMILES string of the molecule is O=C1C(=O)N(c2ccc3c(c2)OCO3)C(c2cccs2)/C1=C(/O)c1ccc(Br)cc1. The number of amides is 1. The highest BCUT2D eigenvalue weighted by molar-refractivity contribution is 9.10. The monoisotopic (exact) mass is 483 g/mol. The lowest BCUT2D eigenvalue weighted by Crippen LogP contribution is -2.29. The van der Waals surface area contributed by atoms with E-state index >= 15 is 0 Å². The average molecular weight is 484 g/mol. The summed E-state index contributed by atoms with van der Waals surface area (Å²) in [5.74, 6) is -0.551. The number of ether oxygens (including phenoxy) is 2. The van der Waals surface area contributed by atoms with Gasteiger partial charge >= 0.3 is 0 Å². The van der Waals surface area contributed by atoms with Crippen molar-refractivity contribution in [1.82, 2.24) is 0 Å². The Hall–Kier alpha value is -3.10. The molecular weight excluding hydrogens is 470 g/mol. The molecule has 0 saturated carbocycles. The molecule has 1 fully saturated rings. The van der Waals surface area contributed by atoms with E-state index < -0.39 is 17.7 Å². The Bertz CT molecular complexity index is 1190. The first-order valence-corrected chi connectivity index (χ1v) is 10.7. The molecule has 150 valence electrons. The van der Waals surface area contributed by atoms with Crippen LogP contribution in [-0.2, 0) is 9.59 Å². The summed E-state index contributed by atoms with van der Waals surface area (Å²) in [6.45, 7) is 0.107. The fourth-order valence-electron chi connectivity index (χ4n) is 3.61. The number of Topliss-reactive ketones (excluding diaryl/α,β-unsaturated/α-hetero) is 1. The predicted octanol–water partition coefficient (Wildman–Crippen LogP) is 4.87. The van der Waals surface area contributed by atoms with Crippen molar-refractivity contribution < 1.29 is 24.2 Å². The second-order valence-electron chi connectivity index (χ2n) is 6.73. The number of nitrogens with zero attached hydrogens (tertiary/aromatic N) is 1. The van der Waals surface area contributed by atoms with Crippen LogP contribution in [0.1, 0.15) is 16.5 Å². The normalized spacial score (nSPS) is 19.5. The van der Waals surface area contributed by atoms with Crippen LogP contribution in [0.2, 0.25) is 0 Å². The number of fused-ring (bicyclic) bond motifs is 1. The fourth-order valence-corrected chi connectivity index (χ4v) is 4.70. The molecule has 30 heavy (non-hydrogen) atoms. The molecule has 2 aromatic carbocycles. The van der Waals surface area contributed by atoms with E-state index in [0.717, 1.165) is 9.35 Å². The van der Waals surface area contributed by atoms with Gasteiger partial charge < -0.3 is 14.6 Å². The molecule has 1 amide bonds. The molecule has 0 radical (unpaired) electrons. The van der Waals surface area contributed by atoms with Gasteiger partial charge in [-0.1, -0.05) is 34.1 Å². The lowest BCUT2D eigenvalue weighted by atomic mass is 10.00. The van der Waals surface area contributed by atoms with Crippen molar-refractivity contribution in [1.29, 1.82) is 0 Å². The van der Waals surface area contributed by atoms with Crippen molar-refractivity contribution >= 4 is 50.4 Å². The van der Waals surface area contributed by atoms with Gasteiger partial charge in [-0.05, 0) is 35.7 Å². The van der Waals surface area contributed by atoms with Crippen molar-refractivity contribution in [3.8, 4) is 11.5 Å². The highest BCUT2D eigenvalue weighted by atomic mass is 79.9. The van der Waals surface area contributed by atoms with E-state index in [9.17, 15) is 14.7 Å². The largest absolute Gasteiger partial charge is 0.507 e. The third-order valence-corrected chi connectivity index (χ3v) is 6.46. The molecule has 1 unspecified atom stereocenters. The molecule has 1 N–H and O–H groups in total. The van der Waals surface area contributed by atoms with E-state index in [0.29, 0.717) is 22.7 Å². The molecule has 0 aliphatic carbocycles. The second kappa shape index (κ2) is 7.30. The maximum absolute atomic E-state index is 13.1. The van der Waals surface area contributed by atoms with Crippen LogP contribution in [0, 0.1) is 0 Å². The topological polar surface area (TPSA) is 76.1 Å². The molecule has 1 atom stereocenters. The summed E-state index contributed by atoms with van der Waals surface area (Å²) in [7, 11) is 0. The number of thiophene rings is 1. The molecule has 8 heteroatoms. The number of rotatable bonds is 3. The van der Waals surface area contributed by atoms with Gasteiger partial charge in [0.15, 0.2) is 11.5 Å². The summed E-state index contributed by atoms with van der Waals surface area (Å²) >= 11 is 4.77. The van der Waals surface area contributed by atoms with Crippen LogP contribution in [0.15, 0.2) is 70.0 Å². The van der Waals surface area contributed by atoms with Crippen molar-refractivity contribution in [3.63, 3.8) is 0 Å². The molecule has 0 bridgehead atoms. The van der Waals surface area contributed by atoms with Gasteiger partial charge in [0.2, 0.25) is 6.79 Å². The summed E-state index contributed by atoms with van der Waals surface area (Å²) in [5, 5.41) is 12.9. The standard InChI is InChI=1S/C22H14BrNO5S/c23-13-5-3-12(4-6-13)20(25)18-19(17-2-1-9-30-17)24(22(27)21(18)26)14-7-8-15-16(10-14)29-11-28-15/h1-10,19,25H,11H2/b20-18-. The first-order chi connectivity index (χ1) is 14.5. The lowest BCUT2D eigenvalue weighted by Gasteiger charge is -2.24. The van der Waals surface area contributed by atoms with E-state index in [-0.39, 0.29) is 18.1 Å². The van der Waals surface area contributed by atoms with E-state index in [2.05, 4.69) is 15.9 Å². The Morgan fingerprint density at radius 3 is 2.57 bits per heavy atom. The second-order valence-corrected chi connectivity index (χ2v) is 8.62. The number of aliphatic hydroxyl groups excluding tert-OH is 1. The highest BCUT2D eigenvalue weighted by Crippen LogP contribution is 2.45. The van der Waals surface area contributed by atoms with E-state index in [1.807, 2.05) is 17.5 Å². The number of benzene rings is 2. The zero-order valence-electron chi connectivity index (χ0n) is 15.4. The van der Waals surface area contributed by atoms with Gasteiger partial charge in [0.05, 0.1) is 5.57 Å². The number of carbonyl (C=O) groups excluding carboxylic acids is 2. The molecule has 6 nitrogen and oxygen atoms in total. The van der Waals surface area contributed by atoms with Gasteiger partial charge in [-0.2, -0.15) is 0 Å². The van der Waals surface area contributed by atoms with Crippen molar-refractivity contribution in [2.75, 3.05) is 11.7 Å². The molecule has 2 aliphatic rings. The number of aliphatic hydroxyl groups is 1. The Labute approximate surface area is 184 Å². The van der Waals surface area contributed by atoms with Crippen LogP contribution < -0.4 is 14.4 Å². The van der Waals surface area contributed by atoms with E-state index in [1.54, 1.807) is 42.5 Å². The number of anilines is 1. The summed E-state index contributed by atoms with van der Waals surface area (Å²) in [5.41, 5.74) is 1.01. The third kappa shape index (κ3) is 3.00. The lowest BCUT2D eigenvalue weighted by molar-refractivity contribution is -0.132. The number of hydrogen-bond acceptors (Lipinski definition) is 6. The Balaban J connectivity index is 1.68. The Morgan fingerprint density at radius 1 is 1.07 bits per heavy atom. The van der Waals surface area contributed by atoms with Crippen molar-refractivity contribution in [3.05, 3.63) is 80.5 Å². The van der Waals surface area contributed by atoms with Gasteiger partial charge in [-0.15, -0.1) is 11.3 Å². The minimum atomic E-state index is -0.742. The predicted molar refractivity (Wildman–Crippen MR) is 116 cm³/mol. The quantitative estimate of drug-likeness (QED) is 0.326. The molecular formula is C22H14BrNO5S. The summed E-state index contributed by atoms with van der Waals surface area (Å²) < 4.78 is 11.6. The molecule has 1 saturated heterocycles. The minimum absolute atomic E-state index is 0.0578. The number of halogens is 1. The molecule has 2 aliphatic heterocycles. The molecule has 5 rings (SSSR count). The van der Waals surface area contributed by atoms with Crippen LogP contribution in [0.25, 0.3) is 5.76 Å². The van der Waals surface area contributed by atoms with Crippen LogP contribution in [0.5, 0.6) is 11.5 Å². The van der Waals surface area contributed by atoms with Crippen LogP contribution >= 0.6 is 27.3 Å². The summed E-state index contributed by atoms with van der Waals surface area (Å²) in [6, 6.07) is 15.0. The zero-order chi connectivity index (χ0) is 20.8. The fraction of sp³-hybridized carbons (Fsp3) is 0.0909. The average Bonchev–Trinajstić information content (AvgIpc) is 3.48. The zero-order valence-corrected chi connectivity index (χ0v) is 17.8. The first kappa shape index (κ1) is 18.9. The summed E-state index contributed by atoms with van der Waals surface area (Å²) in [6.07, 6.45) is 0. The third-order valence-electron chi connectivity index (χ3n) is 5.01. The number of carbonyl (C=O) groups is 2. The van der Waals surface area contributed by atoms with Crippen LogP contribution in [0.3, 0.4) is 0 Å². The number of ketones is 1. The Kier molecular flexibility index (Phi) is 4.60. The van der Waals surface area contributed by atoms with Crippen LogP contribution in [0.4, 0.5) is 5.69 Å². The van der Waals surface area contributed by atoms with Gasteiger partial charge in [0.1, 0.15) is 11.8 Å². The number of hydrogen-bond donors (Lipinski definition) is 1. The smallest absolute Gasteiger partial charge is 0.300 e. The van der Waals surface area contributed by atoms with E-state index in [1.165, 1.54) is 16.2 Å². The van der Waals surface area contributed by atoms with Gasteiger partial charge in [0, 0.05) is 26.7 Å². The van der Waals surface area contributed by atoms with Crippen LogP contribution in [-0.4, -0.2) is 23.6 Å². The van der Waals surface area contributed by atoms with E-state index in [4.69, 9.17) is 9.47 Å². The summed E-state index contributed by atoms with van der Waals surface area (Å²) in [4.78, 5) is 28.3. The van der Waals surface area contributed by atoms with Crippen molar-refractivity contribution in [2.24, 2.45) is 0 Å². The maximum atomic E-state index is 13.1.